The molecule has 2 rings (SSSR count). The van der Waals surface area contributed by atoms with Gasteiger partial charge in [0, 0.05) is 19.0 Å². The summed E-state index contributed by atoms with van der Waals surface area (Å²) in [5.41, 5.74) is 0.869. The summed E-state index contributed by atoms with van der Waals surface area (Å²) in [6, 6.07) is 6.33. The van der Waals surface area contributed by atoms with Crippen LogP contribution in [-0.4, -0.2) is 41.2 Å². The van der Waals surface area contributed by atoms with E-state index >= 15 is 0 Å². The van der Waals surface area contributed by atoms with Gasteiger partial charge in [-0.3, -0.25) is 14.4 Å². The van der Waals surface area contributed by atoms with Gasteiger partial charge < -0.3 is 15.5 Å². The summed E-state index contributed by atoms with van der Waals surface area (Å²) in [5, 5.41) is 5.61. The Morgan fingerprint density at radius 3 is 2.50 bits per heavy atom. The molecule has 0 spiro atoms. The normalized spacial score (nSPS) is 16.0. The zero-order valence-electron chi connectivity index (χ0n) is 14.5. The Labute approximate surface area is 142 Å². The Balaban J connectivity index is 2.11. The number of anilines is 1. The standard InChI is InChI=1S/C18H25N3O3/c1-12(2)19-18(24)14-8-4-5-9-15(14)20-17(23)13(3)21-11-7-6-10-16(21)22/h4-5,8-9,12-13H,6-7,10-11H2,1-3H3,(H,19,24)(H,20,23)/t13-/m0/s1. The Hall–Kier alpha value is -2.37. The third-order valence-electron chi connectivity index (χ3n) is 4.06. The van der Waals surface area contributed by atoms with Crippen LogP contribution in [0.4, 0.5) is 5.69 Å². The number of nitrogens with one attached hydrogen (secondary N) is 2. The Bertz CT molecular complexity index is 628. The molecule has 0 saturated carbocycles. The van der Waals surface area contributed by atoms with Gasteiger partial charge in [0.2, 0.25) is 11.8 Å². The zero-order valence-corrected chi connectivity index (χ0v) is 14.5. The van der Waals surface area contributed by atoms with Crippen LogP contribution in [0.5, 0.6) is 0 Å². The summed E-state index contributed by atoms with van der Waals surface area (Å²) in [6.07, 6.45) is 2.28. The fraction of sp³-hybridized carbons (Fsp3) is 0.500. The van der Waals surface area contributed by atoms with Crippen LogP contribution in [-0.2, 0) is 9.59 Å². The number of hydrogen-bond acceptors (Lipinski definition) is 3. The van der Waals surface area contributed by atoms with Crippen LogP contribution in [0, 0.1) is 0 Å². The highest BCUT2D eigenvalue weighted by molar-refractivity contribution is 6.05. The fourth-order valence-corrected chi connectivity index (χ4v) is 2.75. The van der Waals surface area contributed by atoms with E-state index in [-0.39, 0.29) is 23.8 Å². The summed E-state index contributed by atoms with van der Waals surface area (Å²) >= 11 is 0. The summed E-state index contributed by atoms with van der Waals surface area (Å²) < 4.78 is 0. The molecule has 3 amide bonds. The second kappa shape index (κ2) is 7.95. The maximum Gasteiger partial charge on any atom is 0.253 e. The van der Waals surface area contributed by atoms with E-state index < -0.39 is 6.04 Å². The molecule has 1 aromatic rings. The smallest absolute Gasteiger partial charge is 0.253 e. The van der Waals surface area contributed by atoms with E-state index in [9.17, 15) is 14.4 Å². The first-order valence-electron chi connectivity index (χ1n) is 8.40. The zero-order chi connectivity index (χ0) is 17.7. The van der Waals surface area contributed by atoms with E-state index in [0.29, 0.717) is 24.2 Å². The SMILES string of the molecule is CC(C)NC(=O)c1ccccc1NC(=O)[C@H](C)N1CCCCC1=O. The molecule has 1 aliphatic rings. The van der Waals surface area contributed by atoms with Crippen molar-refractivity contribution in [2.75, 3.05) is 11.9 Å². The first-order valence-corrected chi connectivity index (χ1v) is 8.40. The molecule has 1 aromatic carbocycles. The van der Waals surface area contributed by atoms with Gasteiger partial charge in [-0.25, -0.2) is 0 Å². The minimum absolute atomic E-state index is 0.00570. The average molecular weight is 331 g/mol. The molecular formula is C18H25N3O3. The number of carbonyl (C=O) groups is 3. The van der Waals surface area contributed by atoms with Gasteiger partial charge in [-0.05, 0) is 45.7 Å². The highest BCUT2D eigenvalue weighted by Crippen LogP contribution is 2.18. The van der Waals surface area contributed by atoms with E-state index in [4.69, 9.17) is 0 Å². The minimum atomic E-state index is -0.556. The van der Waals surface area contributed by atoms with E-state index in [0.717, 1.165) is 12.8 Å². The molecule has 130 valence electrons. The van der Waals surface area contributed by atoms with Crippen molar-refractivity contribution < 1.29 is 14.4 Å². The van der Waals surface area contributed by atoms with Crippen LogP contribution in [0.3, 0.4) is 0 Å². The predicted octanol–water partition coefficient (Wildman–Crippen LogP) is 2.16. The molecule has 0 bridgehead atoms. The molecule has 1 fully saturated rings. The van der Waals surface area contributed by atoms with Gasteiger partial charge in [-0.15, -0.1) is 0 Å². The van der Waals surface area contributed by atoms with Crippen LogP contribution in [0.25, 0.3) is 0 Å². The van der Waals surface area contributed by atoms with Gasteiger partial charge in [-0.2, -0.15) is 0 Å². The molecule has 1 atom stereocenters. The molecule has 1 saturated heterocycles. The van der Waals surface area contributed by atoms with Crippen molar-refractivity contribution in [2.45, 2.75) is 52.1 Å². The lowest BCUT2D eigenvalue weighted by molar-refractivity contribution is -0.140. The third kappa shape index (κ3) is 4.34. The van der Waals surface area contributed by atoms with Crippen molar-refractivity contribution in [3.05, 3.63) is 29.8 Å². The van der Waals surface area contributed by atoms with Crippen LogP contribution < -0.4 is 10.6 Å². The van der Waals surface area contributed by atoms with Crippen LogP contribution in [0.2, 0.25) is 0 Å². The van der Waals surface area contributed by atoms with Crippen molar-refractivity contribution in [3.8, 4) is 0 Å². The molecule has 1 heterocycles. The molecular weight excluding hydrogens is 306 g/mol. The fourth-order valence-electron chi connectivity index (χ4n) is 2.75. The molecule has 6 heteroatoms. The number of hydrogen-bond donors (Lipinski definition) is 2. The molecule has 1 aliphatic heterocycles. The average Bonchev–Trinajstić information content (AvgIpc) is 2.54. The van der Waals surface area contributed by atoms with Gasteiger partial charge in [0.1, 0.15) is 6.04 Å². The monoisotopic (exact) mass is 331 g/mol. The number of amides is 3. The molecule has 0 aliphatic carbocycles. The molecule has 0 unspecified atom stereocenters. The summed E-state index contributed by atoms with van der Waals surface area (Å²) in [7, 11) is 0. The number of rotatable bonds is 5. The number of nitrogens with zero attached hydrogens (tertiary/aromatic N) is 1. The number of carbonyl (C=O) groups excluding carboxylic acids is 3. The van der Waals surface area contributed by atoms with Crippen molar-refractivity contribution in [3.63, 3.8) is 0 Å². The maximum atomic E-state index is 12.5. The molecule has 24 heavy (non-hydrogen) atoms. The minimum Gasteiger partial charge on any atom is -0.350 e. The maximum absolute atomic E-state index is 12.5. The Kier molecular flexibility index (Phi) is 5.95. The molecule has 6 nitrogen and oxygen atoms in total. The number of benzene rings is 1. The quantitative estimate of drug-likeness (QED) is 0.868. The van der Waals surface area contributed by atoms with Gasteiger partial charge in [0.25, 0.3) is 5.91 Å². The largest absolute Gasteiger partial charge is 0.350 e. The predicted molar refractivity (Wildman–Crippen MR) is 92.7 cm³/mol. The number of para-hydroxylation sites is 1. The van der Waals surface area contributed by atoms with Gasteiger partial charge in [0.05, 0.1) is 11.3 Å². The van der Waals surface area contributed by atoms with Crippen molar-refractivity contribution in [1.29, 1.82) is 0 Å². The van der Waals surface area contributed by atoms with Crippen molar-refractivity contribution in [1.82, 2.24) is 10.2 Å². The van der Waals surface area contributed by atoms with Crippen LogP contribution in [0.1, 0.15) is 50.4 Å². The lowest BCUT2D eigenvalue weighted by Crippen LogP contribution is -2.47. The highest BCUT2D eigenvalue weighted by atomic mass is 16.2. The molecule has 0 aromatic heterocycles. The second-order valence-corrected chi connectivity index (χ2v) is 6.38. The van der Waals surface area contributed by atoms with Crippen LogP contribution >= 0.6 is 0 Å². The van der Waals surface area contributed by atoms with E-state index in [2.05, 4.69) is 10.6 Å². The molecule has 2 N–H and O–H groups in total. The summed E-state index contributed by atoms with van der Waals surface area (Å²) in [5.74, 6) is -0.507. The van der Waals surface area contributed by atoms with E-state index in [1.165, 1.54) is 0 Å². The van der Waals surface area contributed by atoms with Crippen molar-refractivity contribution >= 4 is 23.4 Å². The Morgan fingerprint density at radius 1 is 1.12 bits per heavy atom. The first-order chi connectivity index (χ1) is 11.4. The highest BCUT2D eigenvalue weighted by Gasteiger charge is 2.28. The molecule has 0 radical (unpaired) electrons. The topological polar surface area (TPSA) is 78.5 Å². The number of piperidine rings is 1. The third-order valence-corrected chi connectivity index (χ3v) is 4.06. The second-order valence-electron chi connectivity index (χ2n) is 6.38. The van der Waals surface area contributed by atoms with E-state index in [1.807, 2.05) is 13.8 Å². The van der Waals surface area contributed by atoms with E-state index in [1.54, 1.807) is 36.1 Å². The lowest BCUT2D eigenvalue weighted by Gasteiger charge is -2.31. The summed E-state index contributed by atoms with van der Waals surface area (Å²) in [4.78, 5) is 38.3. The van der Waals surface area contributed by atoms with Crippen molar-refractivity contribution in [2.24, 2.45) is 0 Å². The van der Waals surface area contributed by atoms with Gasteiger partial charge in [-0.1, -0.05) is 12.1 Å². The number of likely N-dealkylation sites (tertiary alicyclic amines) is 1. The first kappa shape index (κ1) is 18.0. The van der Waals surface area contributed by atoms with Crippen LogP contribution in [0.15, 0.2) is 24.3 Å². The summed E-state index contributed by atoms with van der Waals surface area (Å²) in [6.45, 7) is 6.07. The van der Waals surface area contributed by atoms with Gasteiger partial charge in [0.15, 0.2) is 0 Å². The Morgan fingerprint density at radius 2 is 1.83 bits per heavy atom. The lowest BCUT2D eigenvalue weighted by atomic mass is 10.1. The van der Waals surface area contributed by atoms with Gasteiger partial charge >= 0.3 is 0 Å².